The maximum absolute atomic E-state index is 9.21. The van der Waals surface area contributed by atoms with Crippen molar-refractivity contribution in [3.05, 3.63) is 45.7 Å². The fourth-order valence-corrected chi connectivity index (χ4v) is 1.96. The van der Waals surface area contributed by atoms with Crippen LogP contribution in [0.3, 0.4) is 0 Å². The Morgan fingerprint density at radius 3 is 2.06 bits per heavy atom. The number of aromatic nitrogens is 2. The van der Waals surface area contributed by atoms with Crippen LogP contribution in [0.15, 0.2) is 28.7 Å². The van der Waals surface area contributed by atoms with Gasteiger partial charge in [0, 0.05) is 27.0 Å². The molecule has 2 rings (SSSR count). The van der Waals surface area contributed by atoms with Gasteiger partial charge >= 0.3 is 0 Å². The number of hydrogen-bond donors (Lipinski definition) is 1. The summed E-state index contributed by atoms with van der Waals surface area (Å²) in [6, 6.07) is 7.86. The van der Waals surface area contributed by atoms with Crippen molar-refractivity contribution in [1.29, 1.82) is 0 Å². The topological polar surface area (TPSA) is 46.0 Å². The number of aryl methyl sites for hydroxylation is 2. The van der Waals surface area contributed by atoms with Crippen LogP contribution >= 0.6 is 15.9 Å². The maximum atomic E-state index is 9.21. The SMILES string of the molecule is Cc1nc(-c2ccc(Br)cc2)nc(C)c1CO. The third-order valence-electron chi connectivity index (χ3n) is 2.68. The van der Waals surface area contributed by atoms with Crippen LogP contribution in [0.5, 0.6) is 0 Å². The minimum atomic E-state index is -0.0156. The molecule has 0 aliphatic rings. The van der Waals surface area contributed by atoms with Crippen LogP contribution in [-0.4, -0.2) is 15.1 Å². The number of rotatable bonds is 2. The number of nitrogens with zero attached hydrogens (tertiary/aromatic N) is 2. The molecule has 0 spiro atoms. The lowest BCUT2D eigenvalue weighted by atomic mass is 10.1. The largest absolute Gasteiger partial charge is 0.392 e. The van der Waals surface area contributed by atoms with E-state index in [0.29, 0.717) is 5.82 Å². The fourth-order valence-electron chi connectivity index (χ4n) is 1.70. The van der Waals surface area contributed by atoms with Gasteiger partial charge in [0.2, 0.25) is 0 Å². The van der Waals surface area contributed by atoms with Crippen LogP contribution in [0.2, 0.25) is 0 Å². The van der Waals surface area contributed by atoms with Crippen molar-refractivity contribution in [2.24, 2.45) is 0 Å². The average molecular weight is 293 g/mol. The molecule has 0 aliphatic heterocycles. The number of aliphatic hydroxyl groups is 1. The standard InChI is InChI=1S/C13H13BrN2O/c1-8-12(7-17)9(2)16-13(15-8)10-3-5-11(14)6-4-10/h3-6,17H,7H2,1-2H3. The van der Waals surface area contributed by atoms with Gasteiger partial charge in [-0.25, -0.2) is 9.97 Å². The molecular weight excluding hydrogens is 280 g/mol. The summed E-state index contributed by atoms with van der Waals surface area (Å²) >= 11 is 3.40. The first-order valence-electron chi connectivity index (χ1n) is 5.32. The molecule has 1 aromatic heterocycles. The van der Waals surface area contributed by atoms with Crippen molar-refractivity contribution in [1.82, 2.24) is 9.97 Å². The van der Waals surface area contributed by atoms with Crippen molar-refractivity contribution in [2.45, 2.75) is 20.5 Å². The fraction of sp³-hybridized carbons (Fsp3) is 0.231. The lowest BCUT2D eigenvalue weighted by Crippen LogP contribution is -2.02. The molecule has 0 fully saturated rings. The summed E-state index contributed by atoms with van der Waals surface area (Å²) in [5, 5.41) is 9.21. The molecule has 0 atom stereocenters. The van der Waals surface area contributed by atoms with Gasteiger partial charge in [-0.2, -0.15) is 0 Å². The van der Waals surface area contributed by atoms with Crippen molar-refractivity contribution in [3.63, 3.8) is 0 Å². The molecule has 1 heterocycles. The molecule has 88 valence electrons. The lowest BCUT2D eigenvalue weighted by molar-refractivity contribution is 0.279. The van der Waals surface area contributed by atoms with Gasteiger partial charge in [-0.05, 0) is 26.0 Å². The molecule has 0 radical (unpaired) electrons. The normalized spacial score (nSPS) is 10.6. The minimum Gasteiger partial charge on any atom is -0.392 e. The molecule has 4 heteroatoms. The molecule has 0 aliphatic carbocycles. The van der Waals surface area contributed by atoms with Gasteiger partial charge in [0.05, 0.1) is 6.61 Å². The lowest BCUT2D eigenvalue weighted by Gasteiger charge is -2.08. The second-order valence-corrected chi connectivity index (χ2v) is 4.78. The van der Waals surface area contributed by atoms with E-state index in [1.165, 1.54) is 0 Å². The van der Waals surface area contributed by atoms with E-state index in [9.17, 15) is 5.11 Å². The molecule has 0 unspecified atom stereocenters. The molecule has 0 saturated carbocycles. The number of aliphatic hydroxyl groups excluding tert-OH is 1. The second-order valence-electron chi connectivity index (χ2n) is 3.86. The highest BCUT2D eigenvalue weighted by Gasteiger charge is 2.08. The second kappa shape index (κ2) is 4.94. The smallest absolute Gasteiger partial charge is 0.159 e. The van der Waals surface area contributed by atoms with Gasteiger partial charge in [0.25, 0.3) is 0 Å². The van der Waals surface area contributed by atoms with Crippen molar-refractivity contribution in [3.8, 4) is 11.4 Å². The summed E-state index contributed by atoms with van der Waals surface area (Å²) < 4.78 is 1.03. The number of halogens is 1. The van der Waals surface area contributed by atoms with Gasteiger partial charge in [-0.1, -0.05) is 28.1 Å². The molecule has 3 nitrogen and oxygen atoms in total. The van der Waals surface area contributed by atoms with E-state index >= 15 is 0 Å². The monoisotopic (exact) mass is 292 g/mol. The van der Waals surface area contributed by atoms with E-state index in [1.54, 1.807) is 0 Å². The van der Waals surface area contributed by atoms with E-state index < -0.39 is 0 Å². The Balaban J connectivity index is 2.50. The first-order chi connectivity index (χ1) is 8.11. The molecule has 17 heavy (non-hydrogen) atoms. The van der Waals surface area contributed by atoms with E-state index in [1.807, 2.05) is 38.1 Å². The van der Waals surface area contributed by atoms with Crippen LogP contribution in [0.25, 0.3) is 11.4 Å². The van der Waals surface area contributed by atoms with Crippen molar-refractivity contribution in [2.75, 3.05) is 0 Å². The zero-order chi connectivity index (χ0) is 12.4. The van der Waals surface area contributed by atoms with E-state index in [2.05, 4.69) is 25.9 Å². The summed E-state index contributed by atoms with van der Waals surface area (Å²) in [6.45, 7) is 3.77. The first kappa shape index (κ1) is 12.2. The van der Waals surface area contributed by atoms with Gasteiger partial charge in [0.1, 0.15) is 0 Å². The van der Waals surface area contributed by atoms with Crippen LogP contribution in [-0.2, 0) is 6.61 Å². The molecule has 0 bridgehead atoms. The zero-order valence-electron chi connectivity index (χ0n) is 9.74. The van der Waals surface area contributed by atoms with Crippen molar-refractivity contribution >= 4 is 15.9 Å². The highest BCUT2D eigenvalue weighted by Crippen LogP contribution is 2.20. The van der Waals surface area contributed by atoms with Crippen LogP contribution in [0, 0.1) is 13.8 Å². The maximum Gasteiger partial charge on any atom is 0.159 e. The highest BCUT2D eigenvalue weighted by molar-refractivity contribution is 9.10. The third-order valence-corrected chi connectivity index (χ3v) is 3.21. The third kappa shape index (κ3) is 2.53. The molecule has 0 saturated heterocycles. The first-order valence-corrected chi connectivity index (χ1v) is 6.12. The van der Waals surface area contributed by atoms with Crippen molar-refractivity contribution < 1.29 is 5.11 Å². The van der Waals surface area contributed by atoms with E-state index in [0.717, 1.165) is 27.0 Å². The predicted octanol–water partition coefficient (Wildman–Crippen LogP) is 3.02. The summed E-state index contributed by atoms with van der Waals surface area (Å²) in [6.07, 6.45) is 0. The predicted molar refractivity (Wildman–Crippen MR) is 70.6 cm³/mol. The minimum absolute atomic E-state index is 0.0156. The molecule has 2 aromatic rings. The number of benzene rings is 1. The van der Waals surface area contributed by atoms with Crippen LogP contribution in [0.4, 0.5) is 0 Å². The number of hydrogen-bond acceptors (Lipinski definition) is 3. The Bertz CT molecular complexity index is 515. The zero-order valence-corrected chi connectivity index (χ0v) is 11.3. The van der Waals surface area contributed by atoms with E-state index in [-0.39, 0.29) is 6.61 Å². The van der Waals surface area contributed by atoms with Gasteiger partial charge in [-0.3, -0.25) is 0 Å². The highest BCUT2D eigenvalue weighted by atomic mass is 79.9. The quantitative estimate of drug-likeness (QED) is 0.925. The van der Waals surface area contributed by atoms with E-state index in [4.69, 9.17) is 0 Å². The van der Waals surface area contributed by atoms with Gasteiger partial charge in [-0.15, -0.1) is 0 Å². The Morgan fingerprint density at radius 2 is 1.59 bits per heavy atom. The summed E-state index contributed by atoms with van der Waals surface area (Å²) in [7, 11) is 0. The molecular formula is C13H13BrN2O. The van der Waals surface area contributed by atoms with Gasteiger partial charge < -0.3 is 5.11 Å². The summed E-state index contributed by atoms with van der Waals surface area (Å²) in [5.74, 6) is 0.699. The molecule has 0 amide bonds. The molecule has 1 aromatic carbocycles. The Labute approximate surface area is 109 Å². The van der Waals surface area contributed by atoms with Gasteiger partial charge in [0.15, 0.2) is 5.82 Å². The summed E-state index contributed by atoms with van der Waals surface area (Å²) in [5.41, 5.74) is 3.45. The molecule has 1 N–H and O–H groups in total. The Kier molecular flexibility index (Phi) is 3.54. The summed E-state index contributed by atoms with van der Waals surface area (Å²) in [4.78, 5) is 8.84. The average Bonchev–Trinajstić information content (AvgIpc) is 2.29. The Morgan fingerprint density at radius 1 is 1.06 bits per heavy atom. The Hall–Kier alpha value is -1.26. The van der Waals surface area contributed by atoms with Crippen LogP contribution in [0.1, 0.15) is 17.0 Å². The van der Waals surface area contributed by atoms with Crippen LogP contribution < -0.4 is 0 Å².